The van der Waals surface area contributed by atoms with Crippen LogP contribution in [0.2, 0.25) is 10.0 Å². The minimum absolute atomic E-state index is 0.0595. The van der Waals surface area contributed by atoms with Gasteiger partial charge in [0.1, 0.15) is 0 Å². The number of hydrogen-bond acceptors (Lipinski definition) is 1. The Hall–Kier alpha value is -1.51. The Kier molecular flexibility index (Phi) is 3.46. The Morgan fingerprint density at radius 2 is 1.76 bits per heavy atom. The van der Waals surface area contributed by atoms with Crippen molar-refractivity contribution < 1.29 is 4.79 Å². The number of hydrogen-bond donors (Lipinski definition) is 1. The van der Waals surface area contributed by atoms with Crippen molar-refractivity contribution in [1.29, 1.82) is 0 Å². The molecule has 21 heavy (non-hydrogen) atoms. The van der Waals surface area contributed by atoms with Crippen molar-refractivity contribution in [2.45, 2.75) is 25.7 Å². The van der Waals surface area contributed by atoms with Crippen LogP contribution in [0.25, 0.3) is 0 Å². The highest BCUT2D eigenvalue weighted by Crippen LogP contribution is 2.47. The zero-order valence-corrected chi connectivity index (χ0v) is 13.3. The molecule has 3 rings (SSSR count). The fourth-order valence-corrected chi connectivity index (χ4v) is 3.51. The number of carbonyl (C=O) groups excluding carboxylic acids is 1. The Morgan fingerprint density at radius 3 is 2.48 bits per heavy atom. The van der Waals surface area contributed by atoms with E-state index in [0.717, 1.165) is 16.7 Å². The second kappa shape index (κ2) is 5.04. The molecule has 1 amide bonds. The van der Waals surface area contributed by atoms with E-state index in [2.05, 4.69) is 5.32 Å². The molecular formula is C17H15Cl2NO. The van der Waals surface area contributed by atoms with E-state index in [1.54, 1.807) is 12.1 Å². The van der Waals surface area contributed by atoms with E-state index in [-0.39, 0.29) is 5.91 Å². The third-order valence-electron chi connectivity index (χ3n) is 4.20. The second-order valence-corrected chi connectivity index (χ2v) is 6.48. The van der Waals surface area contributed by atoms with E-state index in [4.69, 9.17) is 23.2 Å². The number of fused-ring (bicyclic) bond motifs is 1. The van der Waals surface area contributed by atoms with Gasteiger partial charge in [-0.1, -0.05) is 47.5 Å². The van der Waals surface area contributed by atoms with Crippen molar-refractivity contribution in [2.75, 3.05) is 5.32 Å². The zero-order valence-electron chi connectivity index (χ0n) is 11.8. The van der Waals surface area contributed by atoms with Crippen LogP contribution in [0.5, 0.6) is 0 Å². The lowest BCUT2D eigenvalue weighted by Crippen LogP contribution is -2.33. The molecule has 1 N–H and O–H groups in total. The predicted octanol–water partition coefficient (Wildman–Crippen LogP) is 4.75. The summed E-state index contributed by atoms with van der Waals surface area (Å²) in [6, 6.07) is 11.5. The molecule has 0 fully saturated rings. The number of rotatable bonds is 2. The van der Waals surface area contributed by atoms with E-state index in [9.17, 15) is 4.79 Å². The van der Waals surface area contributed by atoms with Gasteiger partial charge in [-0.2, -0.15) is 0 Å². The first kappa shape index (κ1) is 14.4. The van der Waals surface area contributed by atoms with Gasteiger partial charge in [-0.3, -0.25) is 4.79 Å². The highest BCUT2D eigenvalue weighted by molar-refractivity contribution is 6.38. The van der Waals surface area contributed by atoms with Gasteiger partial charge in [0.2, 0.25) is 5.91 Å². The molecule has 0 bridgehead atoms. The molecule has 0 aliphatic carbocycles. The minimum Gasteiger partial charge on any atom is -0.324 e. The minimum atomic E-state index is -0.705. The summed E-state index contributed by atoms with van der Waals surface area (Å²) in [5.74, 6) is -0.0595. The van der Waals surface area contributed by atoms with Crippen LogP contribution in [-0.4, -0.2) is 5.91 Å². The maximum Gasteiger partial charge on any atom is 0.235 e. The molecule has 0 aromatic heterocycles. The molecule has 1 atom stereocenters. The van der Waals surface area contributed by atoms with Crippen molar-refractivity contribution in [3.63, 3.8) is 0 Å². The lowest BCUT2D eigenvalue weighted by atomic mass is 9.77. The van der Waals surface area contributed by atoms with E-state index in [1.807, 2.05) is 38.1 Å². The third kappa shape index (κ3) is 2.23. The van der Waals surface area contributed by atoms with Gasteiger partial charge >= 0.3 is 0 Å². The van der Waals surface area contributed by atoms with Gasteiger partial charge in [0.25, 0.3) is 0 Å². The number of amides is 1. The third-order valence-corrected chi connectivity index (χ3v) is 4.83. The monoisotopic (exact) mass is 319 g/mol. The summed E-state index contributed by atoms with van der Waals surface area (Å²) in [4.78, 5) is 12.5. The summed E-state index contributed by atoms with van der Waals surface area (Å²) in [7, 11) is 0. The van der Waals surface area contributed by atoms with Crippen LogP contribution < -0.4 is 5.32 Å². The highest BCUT2D eigenvalue weighted by atomic mass is 35.5. The Labute approximate surface area is 134 Å². The normalized spacial score (nSPS) is 20.3. The first-order chi connectivity index (χ1) is 9.93. The Morgan fingerprint density at radius 1 is 1.10 bits per heavy atom. The van der Waals surface area contributed by atoms with Crippen LogP contribution in [0, 0.1) is 6.92 Å². The van der Waals surface area contributed by atoms with Crippen molar-refractivity contribution in [3.8, 4) is 0 Å². The molecule has 1 aliphatic heterocycles. The summed E-state index contributed by atoms with van der Waals surface area (Å²) >= 11 is 12.5. The predicted molar refractivity (Wildman–Crippen MR) is 87.3 cm³/mol. The number of benzene rings is 2. The molecule has 1 unspecified atom stereocenters. The molecule has 0 saturated heterocycles. The molecule has 0 spiro atoms. The fourth-order valence-electron chi connectivity index (χ4n) is 2.94. The van der Waals surface area contributed by atoms with Gasteiger partial charge in [-0.25, -0.2) is 0 Å². The number of anilines is 1. The van der Waals surface area contributed by atoms with Gasteiger partial charge in [0.15, 0.2) is 0 Å². The number of aryl methyl sites for hydroxylation is 1. The standard InChI is InChI=1S/C17H15Cl2NO/c1-10-5-3-4-6-11(10)9-17(2)14-12(18)7-8-13(19)15(14)20-16(17)21/h3-8H,9H2,1-2H3,(H,20,21). The summed E-state index contributed by atoms with van der Waals surface area (Å²) < 4.78 is 0. The average Bonchev–Trinajstić information content (AvgIpc) is 2.71. The first-order valence-electron chi connectivity index (χ1n) is 6.78. The summed E-state index contributed by atoms with van der Waals surface area (Å²) in [5.41, 5.74) is 3.04. The van der Waals surface area contributed by atoms with E-state index in [0.29, 0.717) is 22.2 Å². The van der Waals surface area contributed by atoms with Crippen LogP contribution >= 0.6 is 23.2 Å². The maximum absolute atomic E-state index is 12.5. The topological polar surface area (TPSA) is 29.1 Å². The summed E-state index contributed by atoms with van der Waals surface area (Å²) in [5, 5.41) is 3.98. The average molecular weight is 320 g/mol. The molecule has 108 valence electrons. The first-order valence-corrected chi connectivity index (χ1v) is 7.53. The smallest absolute Gasteiger partial charge is 0.235 e. The molecule has 2 aromatic carbocycles. The van der Waals surface area contributed by atoms with Crippen LogP contribution in [0.3, 0.4) is 0 Å². The van der Waals surface area contributed by atoms with Crippen LogP contribution in [0.15, 0.2) is 36.4 Å². The highest BCUT2D eigenvalue weighted by Gasteiger charge is 2.45. The molecule has 1 aliphatic rings. The van der Waals surface area contributed by atoms with Gasteiger partial charge in [0, 0.05) is 10.6 Å². The van der Waals surface area contributed by atoms with Crippen LogP contribution in [0.1, 0.15) is 23.6 Å². The van der Waals surface area contributed by atoms with E-state index in [1.165, 1.54) is 0 Å². The van der Waals surface area contributed by atoms with E-state index < -0.39 is 5.41 Å². The quantitative estimate of drug-likeness (QED) is 0.850. The molecule has 2 nitrogen and oxygen atoms in total. The molecule has 4 heteroatoms. The van der Waals surface area contributed by atoms with Crippen molar-refractivity contribution >= 4 is 34.8 Å². The van der Waals surface area contributed by atoms with Gasteiger partial charge in [-0.05, 0) is 43.5 Å². The van der Waals surface area contributed by atoms with Crippen LogP contribution in [-0.2, 0) is 16.6 Å². The van der Waals surface area contributed by atoms with Crippen molar-refractivity contribution in [3.05, 3.63) is 63.1 Å². The number of nitrogens with one attached hydrogen (secondary N) is 1. The van der Waals surface area contributed by atoms with E-state index >= 15 is 0 Å². The largest absolute Gasteiger partial charge is 0.324 e. The molecule has 0 radical (unpaired) electrons. The van der Waals surface area contributed by atoms with Crippen molar-refractivity contribution in [1.82, 2.24) is 0 Å². The fraction of sp³-hybridized carbons (Fsp3) is 0.235. The molecular weight excluding hydrogens is 305 g/mol. The SMILES string of the molecule is Cc1ccccc1CC1(C)C(=O)Nc2c(Cl)ccc(Cl)c21. The molecule has 1 heterocycles. The lowest BCUT2D eigenvalue weighted by molar-refractivity contribution is -0.120. The second-order valence-electron chi connectivity index (χ2n) is 5.67. The Balaban J connectivity index is 2.13. The van der Waals surface area contributed by atoms with Crippen molar-refractivity contribution in [2.24, 2.45) is 0 Å². The van der Waals surface area contributed by atoms with Gasteiger partial charge in [0.05, 0.1) is 16.1 Å². The lowest BCUT2D eigenvalue weighted by Gasteiger charge is -2.24. The maximum atomic E-state index is 12.5. The summed E-state index contributed by atoms with van der Waals surface area (Å²) in [6.07, 6.45) is 0.596. The number of carbonyl (C=O) groups is 1. The van der Waals surface area contributed by atoms with Gasteiger partial charge in [-0.15, -0.1) is 0 Å². The zero-order chi connectivity index (χ0) is 15.2. The molecule has 2 aromatic rings. The molecule has 0 saturated carbocycles. The van der Waals surface area contributed by atoms with Crippen LogP contribution in [0.4, 0.5) is 5.69 Å². The van der Waals surface area contributed by atoms with Gasteiger partial charge < -0.3 is 5.32 Å². The number of halogens is 2. The summed E-state index contributed by atoms with van der Waals surface area (Å²) in [6.45, 7) is 3.97. The Bertz CT molecular complexity index is 742.